The highest BCUT2D eigenvalue weighted by Crippen LogP contribution is 2.27. The molecule has 1 aliphatic heterocycles. The van der Waals surface area contributed by atoms with E-state index in [1.54, 1.807) is 29.8 Å². The summed E-state index contributed by atoms with van der Waals surface area (Å²) in [5.74, 6) is -0.405. The molecule has 3 heterocycles. The van der Waals surface area contributed by atoms with Crippen molar-refractivity contribution in [2.24, 2.45) is 7.05 Å². The first-order valence-corrected chi connectivity index (χ1v) is 10.1. The molecule has 1 saturated heterocycles. The van der Waals surface area contributed by atoms with Crippen molar-refractivity contribution in [2.45, 2.75) is 11.1 Å². The number of morpholine rings is 1. The lowest BCUT2D eigenvalue weighted by atomic mass is 10.1. The van der Waals surface area contributed by atoms with Crippen molar-refractivity contribution in [1.29, 1.82) is 0 Å². The molecule has 28 heavy (non-hydrogen) atoms. The van der Waals surface area contributed by atoms with Gasteiger partial charge in [0.25, 0.3) is 10.0 Å². The molecule has 1 fully saturated rings. The minimum Gasteiger partial charge on any atom is -0.369 e. The smallest absolute Gasteiger partial charge is 0.262 e. The van der Waals surface area contributed by atoms with E-state index < -0.39 is 21.9 Å². The standard InChI is InChI=1S/C18H18FN5O3S/c1-23-11-18(21-12-23)28(25,26)24-6-7-27-17(10-24)16-9-20-8-15(22-16)13-4-2-3-5-14(13)19/h2-5,8-9,11-12,17H,6-7,10H2,1H3/t17-/m0/s1. The highest BCUT2D eigenvalue weighted by molar-refractivity contribution is 7.89. The molecule has 0 radical (unpaired) electrons. The van der Waals surface area contributed by atoms with Crippen LogP contribution in [0.4, 0.5) is 4.39 Å². The lowest BCUT2D eigenvalue weighted by molar-refractivity contribution is -0.00514. The van der Waals surface area contributed by atoms with Gasteiger partial charge in [0.1, 0.15) is 11.9 Å². The first-order valence-electron chi connectivity index (χ1n) is 8.62. The number of benzene rings is 1. The van der Waals surface area contributed by atoms with Crippen LogP contribution >= 0.6 is 0 Å². The number of hydrogen-bond acceptors (Lipinski definition) is 6. The molecule has 1 aliphatic rings. The molecule has 8 nitrogen and oxygen atoms in total. The molecule has 0 bridgehead atoms. The molecule has 0 N–H and O–H groups in total. The number of aromatic nitrogens is 4. The van der Waals surface area contributed by atoms with Crippen LogP contribution in [0.1, 0.15) is 11.8 Å². The van der Waals surface area contributed by atoms with Crippen LogP contribution in [0.25, 0.3) is 11.3 Å². The molecule has 10 heteroatoms. The summed E-state index contributed by atoms with van der Waals surface area (Å²) in [6.45, 7) is 0.506. The van der Waals surface area contributed by atoms with Gasteiger partial charge in [-0.2, -0.15) is 4.31 Å². The molecular formula is C18H18FN5O3S. The van der Waals surface area contributed by atoms with Gasteiger partial charge in [-0.05, 0) is 12.1 Å². The molecule has 0 spiro atoms. The van der Waals surface area contributed by atoms with E-state index in [9.17, 15) is 12.8 Å². The summed E-state index contributed by atoms with van der Waals surface area (Å²) in [5, 5.41) is -0.0122. The lowest BCUT2D eigenvalue weighted by Crippen LogP contribution is -2.42. The maximum atomic E-state index is 14.1. The topological polar surface area (TPSA) is 90.2 Å². The van der Waals surface area contributed by atoms with Gasteiger partial charge in [0, 0.05) is 31.9 Å². The Hall–Kier alpha value is -2.69. The maximum Gasteiger partial charge on any atom is 0.262 e. The summed E-state index contributed by atoms with van der Waals surface area (Å²) in [7, 11) is -2.03. The fourth-order valence-corrected chi connectivity index (χ4v) is 4.40. The lowest BCUT2D eigenvalue weighted by Gasteiger charge is -2.31. The van der Waals surface area contributed by atoms with Crippen LogP contribution in [-0.2, 0) is 21.8 Å². The van der Waals surface area contributed by atoms with Crippen molar-refractivity contribution in [2.75, 3.05) is 19.7 Å². The van der Waals surface area contributed by atoms with Crippen LogP contribution < -0.4 is 0 Å². The Balaban J connectivity index is 1.60. The minimum absolute atomic E-state index is 0.0122. The van der Waals surface area contributed by atoms with E-state index in [4.69, 9.17) is 4.74 Å². The summed E-state index contributed by atoms with van der Waals surface area (Å²) < 4.78 is 48.3. The second-order valence-electron chi connectivity index (χ2n) is 6.41. The predicted octanol–water partition coefficient (Wildman–Crippen LogP) is 1.78. The van der Waals surface area contributed by atoms with Gasteiger partial charge in [0.15, 0.2) is 5.03 Å². The SMILES string of the molecule is Cn1cnc(S(=O)(=O)N2CCO[C@H](c3cncc(-c4ccccc4F)n3)C2)c1. The summed E-state index contributed by atoms with van der Waals surface area (Å²) >= 11 is 0. The number of halogens is 1. The van der Waals surface area contributed by atoms with Gasteiger partial charge in [-0.3, -0.25) is 4.98 Å². The molecule has 1 atom stereocenters. The van der Waals surface area contributed by atoms with E-state index in [0.29, 0.717) is 17.0 Å². The molecule has 2 aromatic heterocycles. The fraction of sp³-hybridized carbons (Fsp3) is 0.278. The van der Waals surface area contributed by atoms with Crippen molar-refractivity contribution in [3.05, 3.63) is 60.7 Å². The summed E-state index contributed by atoms with van der Waals surface area (Å²) in [4.78, 5) is 12.5. The number of imidazole rings is 1. The zero-order valence-electron chi connectivity index (χ0n) is 15.1. The van der Waals surface area contributed by atoms with E-state index in [0.717, 1.165) is 0 Å². The average Bonchev–Trinajstić information content (AvgIpc) is 3.16. The summed E-state index contributed by atoms with van der Waals surface area (Å²) in [6.07, 6.45) is 5.26. The van der Waals surface area contributed by atoms with Gasteiger partial charge in [0.05, 0.1) is 36.7 Å². The monoisotopic (exact) mass is 403 g/mol. The number of aryl methyl sites for hydroxylation is 1. The Kier molecular flexibility index (Phi) is 4.92. The minimum atomic E-state index is -3.74. The Labute approximate surface area is 161 Å². The van der Waals surface area contributed by atoms with E-state index >= 15 is 0 Å². The van der Waals surface area contributed by atoms with Gasteiger partial charge in [-0.25, -0.2) is 22.8 Å². The third-order valence-electron chi connectivity index (χ3n) is 4.45. The first-order chi connectivity index (χ1) is 13.4. The van der Waals surface area contributed by atoms with Crippen molar-refractivity contribution in [1.82, 2.24) is 23.8 Å². The predicted molar refractivity (Wildman–Crippen MR) is 98.1 cm³/mol. The Morgan fingerprint density at radius 2 is 2.07 bits per heavy atom. The zero-order valence-corrected chi connectivity index (χ0v) is 15.9. The van der Waals surface area contributed by atoms with Crippen molar-refractivity contribution in [3.63, 3.8) is 0 Å². The maximum absolute atomic E-state index is 14.1. The molecule has 3 aromatic rings. The van der Waals surface area contributed by atoms with Crippen LogP contribution in [0.2, 0.25) is 0 Å². The second kappa shape index (κ2) is 7.38. The molecule has 1 aromatic carbocycles. The normalized spacial score (nSPS) is 18.3. The van der Waals surface area contributed by atoms with Crippen molar-refractivity contribution >= 4 is 10.0 Å². The first kappa shape index (κ1) is 18.7. The van der Waals surface area contributed by atoms with E-state index in [1.807, 2.05) is 0 Å². The van der Waals surface area contributed by atoms with Gasteiger partial charge in [-0.1, -0.05) is 12.1 Å². The highest BCUT2D eigenvalue weighted by Gasteiger charge is 2.33. The molecule has 0 aliphatic carbocycles. The number of hydrogen-bond donors (Lipinski definition) is 0. The molecule has 0 unspecified atom stereocenters. The molecular weight excluding hydrogens is 385 g/mol. The number of ether oxygens (including phenoxy) is 1. The fourth-order valence-electron chi connectivity index (χ4n) is 3.01. The van der Waals surface area contributed by atoms with Crippen LogP contribution in [0.15, 0.2) is 54.2 Å². The van der Waals surface area contributed by atoms with E-state index in [2.05, 4.69) is 15.0 Å². The molecule has 4 rings (SSSR count). The summed E-state index contributed by atoms with van der Waals surface area (Å²) in [5.41, 5.74) is 1.14. The third-order valence-corrected chi connectivity index (χ3v) is 6.20. The summed E-state index contributed by atoms with van der Waals surface area (Å²) in [6, 6.07) is 6.27. The number of nitrogens with zero attached hydrogens (tertiary/aromatic N) is 5. The Morgan fingerprint density at radius 3 is 2.82 bits per heavy atom. The van der Waals surface area contributed by atoms with Crippen LogP contribution in [-0.4, -0.2) is 51.9 Å². The van der Waals surface area contributed by atoms with Gasteiger partial charge in [0.2, 0.25) is 0 Å². The average molecular weight is 403 g/mol. The van der Waals surface area contributed by atoms with E-state index in [-0.39, 0.29) is 24.7 Å². The molecule has 0 saturated carbocycles. The van der Waals surface area contributed by atoms with Gasteiger partial charge in [-0.15, -0.1) is 0 Å². The third kappa shape index (κ3) is 3.53. The van der Waals surface area contributed by atoms with Gasteiger partial charge < -0.3 is 9.30 Å². The molecule has 146 valence electrons. The zero-order chi connectivity index (χ0) is 19.7. The second-order valence-corrected chi connectivity index (χ2v) is 8.29. The Bertz CT molecular complexity index is 1100. The van der Waals surface area contributed by atoms with Crippen molar-refractivity contribution in [3.8, 4) is 11.3 Å². The van der Waals surface area contributed by atoms with E-state index in [1.165, 1.54) is 35.3 Å². The van der Waals surface area contributed by atoms with Crippen LogP contribution in [0.3, 0.4) is 0 Å². The van der Waals surface area contributed by atoms with Gasteiger partial charge >= 0.3 is 0 Å². The largest absolute Gasteiger partial charge is 0.369 e. The quantitative estimate of drug-likeness (QED) is 0.660. The number of sulfonamides is 1. The van der Waals surface area contributed by atoms with Crippen LogP contribution in [0, 0.1) is 5.82 Å². The van der Waals surface area contributed by atoms with Crippen LogP contribution in [0.5, 0.6) is 0 Å². The number of rotatable bonds is 4. The Morgan fingerprint density at radius 1 is 1.25 bits per heavy atom. The highest BCUT2D eigenvalue weighted by atomic mass is 32.2. The van der Waals surface area contributed by atoms with Crippen molar-refractivity contribution < 1.29 is 17.5 Å². The molecule has 0 amide bonds.